The lowest BCUT2D eigenvalue weighted by Gasteiger charge is -2.27. The molecule has 6 heteroatoms. The van der Waals surface area contributed by atoms with Crippen LogP contribution in [0.3, 0.4) is 0 Å². The first kappa shape index (κ1) is 15.1. The molecular weight excluding hydrogens is 286 g/mol. The summed E-state index contributed by atoms with van der Waals surface area (Å²) in [4.78, 5) is 2.55. The van der Waals surface area contributed by atoms with E-state index in [1.807, 2.05) is 0 Å². The summed E-state index contributed by atoms with van der Waals surface area (Å²) in [5.74, 6) is 0.473. The molecule has 2 saturated heterocycles. The van der Waals surface area contributed by atoms with Crippen LogP contribution in [0.4, 0.5) is 0 Å². The molecule has 0 saturated carbocycles. The Bertz CT molecular complexity index is 596. The van der Waals surface area contributed by atoms with E-state index >= 15 is 0 Å². The Morgan fingerprint density at radius 3 is 2.71 bits per heavy atom. The Morgan fingerprint density at radius 2 is 2.10 bits per heavy atom. The van der Waals surface area contributed by atoms with E-state index < -0.39 is 10.0 Å². The van der Waals surface area contributed by atoms with Crippen LogP contribution >= 0.6 is 0 Å². The molecule has 0 amide bonds. The fourth-order valence-corrected chi connectivity index (χ4v) is 4.70. The lowest BCUT2D eigenvalue weighted by Crippen LogP contribution is -2.33. The van der Waals surface area contributed by atoms with Gasteiger partial charge in [0, 0.05) is 38.6 Å². The summed E-state index contributed by atoms with van der Waals surface area (Å²) in [5, 5.41) is 0. The molecule has 21 heavy (non-hydrogen) atoms. The largest absolute Gasteiger partial charge is 0.353 e. The Morgan fingerprint density at radius 1 is 1.29 bits per heavy atom. The third-order valence-corrected chi connectivity index (χ3v) is 6.17. The molecule has 2 aliphatic rings. The van der Waals surface area contributed by atoms with Gasteiger partial charge >= 0.3 is 0 Å². The number of nitrogens with zero attached hydrogens (tertiary/aromatic N) is 3. The molecule has 2 aliphatic heterocycles. The second kappa shape index (κ2) is 5.74. The van der Waals surface area contributed by atoms with Crippen molar-refractivity contribution in [2.45, 2.75) is 25.3 Å². The molecular formula is C15H25N3O2S. The summed E-state index contributed by atoms with van der Waals surface area (Å²) in [6.45, 7) is 3.52. The highest BCUT2D eigenvalue weighted by atomic mass is 32.2. The van der Waals surface area contributed by atoms with Gasteiger partial charge < -0.3 is 4.57 Å². The predicted molar refractivity (Wildman–Crippen MR) is 83.5 cm³/mol. The monoisotopic (exact) mass is 311 g/mol. The molecule has 1 aromatic rings. The number of aromatic nitrogens is 1. The Balaban J connectivity index is 1.64. The number of hydrogen-bond donors (Lipinski definition) is 0. The highest BCUT2D eigenvalue weighted by Gasteiger charge is 2.33. The number of sulfonamides is 1. The van der Waals surface area contributed by atoms with Crippen LogP contribution in [0.1, 0.15) is 31.0 Å². The summed E-state index contributed by atoms with van der Waals surface area (Å²) in [7, 11) is -0.918. The zero-order chi connectivity index (χ0) is 15.0. The van der Waals surface area contributed by atoms with Gasteiger partial charge in [-0.3, -0.25) is 4.90 Å². The molecule has 118 valence electrons. The van der Waals surface area contributed by atoms with Crippen LogP contribution in [-0.2, 0) is 17.1 Å². The van der Waals surface area contributed by atoms with Crippen LogP contribution in [0, 0.1) is 5.92 Å². The lowest BCUT2D eigenvalue weighted by atomic mass is 10.1. The maximum atomic E-state index is 11.6. The van der Waals surface area contributed by atoms with E-state index in [1.54, 1.807) is 4.31 Å². The zero-order valence-electron chi connectivity index (χ0n) is 12.9. The van der Waals surface area contributed by atoms with Gasteiger partial charge in [0.15, 0.2) is 0 Å². The van der Waals surface area contributed by atoms with Gasteiger partial charge in [0.2, 0.25) is 10.0 Å². The van der Waals surface area contributed by atoms with Gasteiger partial charge in [-0.25, -0.2) is 12.7 Å². The molecule has 0 aromatic carbocycles. The van der Waals surface area contributed by atoms with Crippen LogP contribution in [-0.4, -0.2) is 54.6 Å². The minimum absolute atomic E-state index is 0.473. The average Bonchev–Trinajstić information content (AvgIpc) is 3.09. The average molecular weight is 311 g/mol. The van der Waals surface area contributed by atoms with Gasteiger partial charge in [-0.15, -0.1) is 0 Å². The maximum Gasteiger partial charge on any atom is 0.211 e. The summed E-state index contributed by atoms with van der Waals surface area (Å²) in [5.41, 5.74) is 1.38. The first-order valence-electron chi connectivity index (χ1n) is 7.75. The Kier molecular flexibility index (Phi) is 4.12. The number of likely N-dealkylation sites (tertiary alicyclic amines) is 1. The van der Waals surface area contributed by atoms with Crippen molar-refractivity contribution in [1.29, 1.82) is 0 Å². The fraction of sp³-hybridized carbons (Fsp3) is 0.733. The minimum atomic E-state index is -3.02. The van der Waals surface area contributed by atoms with E-state index in [-0.39, 0.29) is 0 Å². The van der Waals surface area contributed by atoms with Crippen molar-refractivity contribution < 1.29 is 8.42 Å². The van der Waals surface area contributed by atoms with Crippen molar-refractivity contribution >= 4 is 10.0 Å². The molecule has 3 heterocycles. The highest BCUT2D eigenvalue weighted by Crippen LogP contribution is 2.33. The first-order chi connectivity index (χ1) is 9.95. The molecule has 2 atom stereocenters. The van der Waals surface area contributed by atoms with Crippen molar-refractivity contribution in [2.24, 2.45) is 13.0 Å². The van der Waals surface area contributed by atoms with Gasteiger partial charge in [-0.05, 0) is 43.9 Å². The fourth-order valence-electron chi connectivity index (χ4n) is 3.78. The van der Waals surface area contributed by atoms with Crippen molar-refractivity contribution in [3.8, 4) is 0 Å². The van der Waals surface area contributed by atoms with Gasteiger partial charge in [0.05, 0.1) is 12.3 Å². The van der Waals surface area contributed by atoms with E-state index in [4.69, 9.17) is 0 Å². The standard InChI is InChI=1S/C15H25N3O2S/c1-16-8-3-5-14(16)15-6-4-9-17(15)11-13-7-10-18(12-13)21(2,19)20/h3,5,8,13,15H,4,6-7,9-12H2,1-2H3/t13-,15+/m1/s1. The van der Waals surface area contributed by atoms with Crippen LogP contribution in [0.2, 0.25) is 0 Å². The Labute approximate surface area is 127 Å². The van der Waals surface area contributed by atoms with Crippen LogP contribution in [0.15, 0.2) is 18.3 Å². The van der Waals surface area contributed by atoms with Crippen LogP contribution in [0.5, 0.6) is 0 Å². The smallest absolute Gasteiger partial charge is 0.211 e. The SMILES string of the molecule is Cn1cccc1[C@@H]1CCCN1C[C@H]1CCN(S(C)(=O)=O)C1. The maximum absolute atomic E-state index is 11.6. The highest BCUT2D eigenvalue weighted by molar-refractivity contribution is 7.88. The van der Waals surface area contributed by atoms with Gasteiger partial charge in [0.1, 0.15) is 0 Å². The van der Waals surface area contributed by atoms with E-state index in [0.717, 1.165) is 19.5 Å². The lowest BCUT2D eigenvalue weighted by molar-refractivity contribution is 0.213. The second-order valence-electron chi connectivity index (χ2n) is 6.47. The molecule has 0 radical (unpaired) electrons. The third kappa shape index (κ3) is 3.17. The van der Waals surface area contributed by atoms with E-state index in [2.05, 4.69) is 34.8 Å². The van der Waals surface area contributed by atoms with Gasteiger partial charge in [-0.2, -0.15) is 0 Å². The quantitative estimate of drug-likeness (QED) is 0.845. The Hall–Kier alpha value is -0.850. The van der Waals surface area contributed by atoms with Gasteiger partial charge in [-0.1, -0.05) is 0 Å². The molecule has 0 spiro atoms. The summed E-state index contributed by atoms with van der Waals surface area (Å²) >= 11 is 0. The number of rotatable bonds is 4. The van der Waals surface area contributed by atoms with E-state index in [9.17, 15) is 8.42 Å². The molecule has 0 unspecified atom stereocenters. The van der Waals surface area contributed by atoms with Crippen LogP contribution in [0.25, 0.3) is 0 Å². The van der Waals surface area contributed by atoms with Crippen LogP contribution < -0.4 is 0 Å². The predicted octanol–water partition coefficient (Wildman–Crippen LogP) is 1.44. The molecule has 0 N–H and O–H groups in total. The van der Waals surface area contributed by atoms with Crippen molar-refractivity contribution in [3.05, 3.63) is 24.0 Å². The first-order valence-corrected chi connectivity index (χ1v) is 9.60. The van der Waals surface area contributed by atoms with Crippen molar-refractivity contribution in [2.75, 3.05) is 32.4 Å². The molecule has 5 nitrogen and oxygen atoms in total. The van der Waals surface area contributed by atoms with Crippen molar-refractivity contribution in [3.63, 3.8) is 0 Å². The minimum Gasteiger partial charge on any atom is -0.353 e. The second-order valence-corrected chi connectivity index (χ2v) is 8.46. The number of hydrogen-bond acceptors (Lipinski definition) is 3. The molecule has 3 rings (SSSR count). The van der Waals surface area contributed by atoms with E-state index in [0.29, 0.717) is 25.0 Å². The van der Waals surface area contributed by atoms with Gasteiger partial charge in [0.25, 0.3) is 0 Å². The number of aryl methyl sites for hydroxylation is 1. The summed E-state index contributed by atoms with van der Waals surface area (Å²) < 4.78 is 27.1. The summed E-state index contributed by atoms with van der Waals surface area (Å²) in [6, 6.07) is 4.81. The molecule has 0 bridgehead atoms. The normalized spacial score (nSPS) is 28.5. The van der Waals surface area contributed by atoms with Crippen molar-refractivity contribution in [1.82, 2.24) is 13.8 Å². The molecule has 2 fully saturated rings. The topological polar surface area (TPSA) is 45.5 Å². The third-order valence-electron chi connectivity index (χ3n) is 4.90. The van der Waals surface area contributed by atoms with E-state index in [1.165, 1.54) is 24.8 Å². The molecule has 1 aromatic heterocycles. The summed E-state index contributed by atoms with van der Waals surface area (Å²) in [6.07, 6.45) is 6.85. The zero-order valence-corrected chi connectivity index (χ0v) is 13.7. The molecule has 0 aliphatic carbocycles.